The Labute approximate surface area is 197 Å². The second-order valence-corrected chi connectivity index (χ2v) is 8.86. The monoisotopic (exact) mass is 462 g/mol. The van der Waals surface area contributed by atoms with Gasteiger partial charge in [0, 0.05) is 36.7 Å². The first kappa shape index (κ1) is 22.5. The number of nitrogens with zero attached hydrogens (tertiary/aromatic N) is 2. The summed E-state index contributed by atoms with van der Waals surface area (Å²) < 4.78 is 24.5. The summed E-state index contributed by atoms with van der Waals surface area (Å²) in [5.74, 6) is 0.850. The van der Waals surface area contributed by atoms with Crippen LogP contribution in [0.5, 0.6) is 5.75 Å². The molecule has 5 rings (SSSR count). The van der Waals surface area contributed by atoms with E-state index in [0.717, 1.165) is 16.5 Å². The van der Waals surface area contributed by atoms with Gasteiger partial charge in [0.25, 0.3) is 0 Å². The van der Waals surface area contributed by atoms with Gasteiger partial charge in [0.15, 0.2) is 5.76 Å². The number of fused-ring (bicyclic) bond motifs is 1. The van der Waals surface area contributed by atoms with E-state index in [4.69, 9.17) is 9.26 Å². The lowest BCUT2D eigenvalue weighted by molar-refractivity contribution is -0.0372. The highest BCUT2D eigenvalue weighted by Gasteiger charge is 2.34. The van der Waals surface area contributed by atoms with E-state index in [1.165, 1.54) is 12.1 Å². The van der Waals surface area contributed by atoms with Crippen molar-refractivity contribution in [3.8, 4) is 17.1 Å². The van der Waals surface area contributed by atoms with Crippen LogP contribution in [0.3, 0.4) is 0 Å². The molecule has 0 spiro atoms. The lowest BCUT2D eigenvalue weighted by atomic mass is 9.84. The number of halogens is 1. The predicted molar refractivity (Wildman–Crippen MR) is 127 cm³/mol. The average Bonchev–Trinajstić information content (AvgIpc) is 3.28. The van der Waals surface area contributed by atoms with Crippen molar-refractivity contribution in [1.82, 2.24) is 10.1 Å². The van der Waals surface area contributed by atoms with Gasteiger partial charge in [0.1, 0.15) is 29.8 Å². The van der Waals surface area contributed by atoms with Crippen molar-refractivity contribution in [3.63, 3.8) is 0 Å². The Morgan fingerprint density at radius 3 is 2.50 bits per heavy atom. The highest BCUT2D eigenvalue weighted by atomic mass is 19.1. The molecule has 1 aliphatic rings. The Kier molecular flexibility index (Phi) is 6.32. The first-order valence-electron chi connectivity index (χ1n) is 11.5. The number of likely N-dealkylation sites (tertiary alicyclic amines) is 1. The van der Waals surface area contributed by atoms with E-state index in [-0.39, 0.29) is 12.4 Å². The molecular formula is C27H27FN2O4. The number of benzene rings is 3. The molecule has 6 nitrogen and oxygen atoms in total. The van der Waals surface area contributed by atoms with Gasteiger partial charge in [0.05, 0.1) is 5.60 Å². The molecule has 0 amide bonds. The Balaban J connectivity index is 1.12. The molecule has 2 N–H and O–H groups in total. The second-order valence-electron chi connectivity index (χ2n) is 8.86. The standard InChI is InChI=1S/C27H27FN2O4/c28-21-8-11-24-25(16-21)29-34-26(24)19-6-9-23(10-7-19)33-18-22(31)17-30-14-12-27(32,13-15-30)20-4-2-1-3-5-20/h1-11,16,22,31-32H,12-15,17-18H2/t22-/m0/s1. The molecule has 0 aliphatic carbocycles. The zero-order chi connectivity index (χ0) is 23.5. The van der Waals surface area contributed by atoms with Gasteiger partial charge >= 0.3 is 0 Å². The zero-order valence-corrected chi connectivity index (χ0v) is 18.7. The molecule has 0 bridgehead atoms. The van der Waals surface area contributed by atoms with Crippen LogP contribution in [0.25, 0.3) is 22.2 Å². The smallest absolute Gasteiger partial charge is 0.174 e. The third-order valence-corrected chi connectivity index (χ3v) is 6.46. The largest absolute Gasteiger partial charge is 0.491 e. The molecule has 1 saturated heterocycles. The molecule has 1 fully saturated rings. The average molecular weight is 463 g/mol. The summed E-state index contributed by atoms with van der Waals surface area (Å²) in [6.07, 6.45) is 0.625. The molecule has 176 valence electrons. The van der Waals surface area contributed by atoms with Crippen molar-refractivity contribution < 1.29 is 23.9 Å². The van der Waals surface area contributed by atoms with E-state index < -0.39 is 11.7 Å². The number of aromatic nitrogens is 1. The summed E-state index contributed by atoms with van der Waals surface area (Å²) >= 11 is 0. The van der Waals surface area contributed by atoms with E-state index in [0.29, 0.717) is 49.5 Å². The molecule has 0 unspecified atom stereocenters. The van der Waals surface area contributed by atoms with E-state index in [1.807, 2.05) is 42.5 Å². The van der Waals surface area contributed by atoms with Crippen LogP contribution in [0.4, 0.5) is 4.39 Å². The van der Waals surface area contributed by atoms with Crippen molar-refractivity contribution >= 4 is 10.9 Å². The molecule has 0 saturated carbocycles. The second kappa shape index (κ2) is 9.54. The van der Waals surface area contributed by atoms with Gasteiger partial charge < -0.3 is 24.4 Å². The number of rotatable bonds is 7. The van der Waals surface area contributed by atoms with Gasteiger partial charge in [0.2, 0.25) is 0 Å². The van der Waals surface area contributed by atoms with Crippen molar-refractivity contribution in [1.29, 1.82) is 0 Å². The molecule has 1 aromatic heterocycles. The maximum absolute atomic E-state index is 13.4. The third kappa shape index (κ3) is 4.82. The molecule has 3 aromatic carbocycles. The van der Waals surface area contributed by atoms with E-state index in [1.54, 1.807) is 18.2 Å². The van der Waals surface area contributed by atoms with Crippen LogP contribution in [-0.2, 0) is 5.60 Å². The maximum atomic E-state index is 13.4. The molecular weight excluding hydrogens is 435 g/mol. The molecule has 1 aliphatic heterocycles. The maximum Gasteiger partial charge on any atom is 0.174 e. The van der Waals surface area contributed by atoms with E-state index >= 15 is 0 Å². The van der Waals surface area contributed by atoms with E-state index in [2.05, 4.69) is 10.1 Å². The minimum atomic E-state index is -0.802. The van der Waals surface area contributed by atoms with Crippen LogP contribution < -0.4 is 4.74 Å². The lowest BCUT2D eigenvalue weighted by Crippen LogP contribution is -2.46. The van der Waals surface area contributed by atoms with Crippen molar-refractivity contribution in [2.24, 2.45) is 0 Å². The Morgan fingerprint density at radius 2 is 1.76 bits per heavy atom. The number of aliphatic hydroxyl groups is 2. The summed E-state index contributed by atoms with van der Waals surface area (Å²) in [5.41, 5.74) is 1.43. The van der Waals surface area contributed by atoms with Crippen LogP contribution in [0.1, 0.15) is 18.4 Å². The van der Waals surface area contributed by atoms with Gasteiger partial charge in [-0.2, -0.15) is 0 Å². The minimum absolute atomic E-state index is 0.170. The Morgan fingerprint density at radius 1 is 1.03 bits per heavy atom. The van der Waals surface area contributed by atoms with Crippen molar-refractivity contribution in [2.45, 2.75) is 24.5 Å². The highest BCUT2D eigenvalue weighted by molar-refractivity contribution is 5.91. The van der Waals surface area contributed by atoms with Gasteiger partial charge in [-0.3, -0.25) is 0 Å². The summed E-state index contributed by atoms with van der Waals surface area (Å²) in [4.78, 5) is 2.16. The summed E-state index contributed by atoms with van der Waals surface area (Å²) in [6.45, 7) is 2.09. The van der Waals surface area contributed by atoms with Gasteiger partial charge in [-0.05, 0) is 54.8 Å². The van der Waals surface area contributed by atoms with Crippen LogP contribution in [0.2, 0.25) is 0 Å². The van der Waals surface area contributed by atoms with Crippen LogP contribution >= 0.6 is 0 Å². The SMILES string of the molecule is O[C@H](COc1ccc(-c2onc3cc(F)ccc23)cc1)CN1CCC(O)(c2ccccc2)CC1. The van der Waals surface area contributed by atoms with Gasteiger partial charge in [-0.25, -0.2) is 4.39 Å². The van der Waals surface area contributed by atoms with Gasteiger partial charge in [-0.1, -0.05) is 35.5 Å². The lowest BCUT2D eigenvalue weighted by Gasteiger charge is -2.39. The Hall–Kier alpha value is -3.26. The molecule has 2 heterocycles. The van der Waals surface area contributed by atoms with Crippen LogP contribution in [0, 0.1) is 5.82 Å². The summed E-state index contributed by atoms with van der Waals surface area (Å²) in [5, 5.41) is 26.1. The number of hydrogen-bond donors (Lipinski definition) is 2. The number of aliphatic hydroxyl groups excluding tert-OH is 1. The van der Waals surface area contributed by atoms with Gasteiger partial charge in [-0.15, -0.1) is 0 Å². The fourth-order valence-corrected chi connectivity index (χ4v) is 4.51. The number of piperidine rings is 1. The Bertz CT molecular complexity index is 1230. The molecule has 0 radical (unpaired) electrons. The fraction of sp³-hybridized carbons (Fsp3) is 0.296. The molecule has 1 atom stereocenters. The summed E-state index contributed by atoms with van der Waals surface area (Å²) in [6, 6.07) is 21.5. The third-order valence-electron chi connectivity index (χ3n) is 6.46. The number of hydrogen-bond acceptors (Lipinski definition) is 6. The quantitative estimate of drug-likeness (QED) is 0.425. The number of ether oxygens (including phenoxy) is 1. The highest BCUT2D eigenvalue weighted by Crippen LogP contribution is 2.33. The zero-order valence-electron chi connectivity index (χ0n) is 18.7. The molecule has 7 heteroatoms. The first-order valence-corrected chi connectivity index (χ1v) is 11.5. The van der Waals surface area contributed by atoms with Crippen LogP contribution in [-0.4, -0.2) is 52.6 Å². The topological polar surface area (TPSA) is 79.0 Å². The molecule has 34 heavy (non-hydrogen) atoms. The minimum Gasteiger partial charge on any atom is -0.491 e. The van der Waals surface area contributed by atoms with Crippen molar-refractivity contribution in [2.75, 3.05) is 26.2 Å². The fourth-order valence-electron chi connectivity index (χ4n) is 4.51. The first-order chi connectivity index (χ1) is 16.5. The molecule has 4 aromatic rings. The normalized spacial score (nSPS) is 17.0. The summed E-state index contributed by atoms with van der Waals surface area (Å²) in [7, 11) is 0. The number of β-amino-alcohol motifs (C(OH)–C–C–N with tert-alkyl or cyclic N) is 1. The predicted octanol–water partition coefficient (Wildman–Crippen LogP) is 4.36. The van der Waals surface area contributed by atoms with Crippen molar-refractivity contribution in [3.05, 3.63) is 84.2 Å². The van der Waals surface area contributed by atoms with E-state index in [9.17, 15) is 14.6 Å². The van der Waals surface area contributed by atoms with Crippen LogP contribution in [0.15, 0.2) is 77.3 Å².